The van der Waals surface area contributed by atoms with Gasteiger partial charge < -0.3 is 15.5 Å². The zero-order valence-electron chi connectivity index (χ0n) is 20.0. The lowest BCUT2D eigenvalue weighted by molar-refractivity contribution is 0.198. The van der Waals surface area contributed by atoms with Crippen molar-refractivity contribution in [2.75, 3.05) is 37.6 Å². The minimum Gasteiger partial charge on any atom is -0.364 e. The molecule has 2 heterocycles. The van der Waals surface area contributed by atoms with Crippen LogP contribution in [0.5, 0.6) is 0 Å². The zero-order chi connectivity index (χ0) is 22.2. The normalized spacial score (nSPS) is 17.2. The molecule has 0 radical (unpaired) electrons. The Balaban J connectivity index is 0.00000306. The third kappa shape index (κ3) is 7.47. The van der Waals surface area contributed by atoms with Crippen LogP contribution in [0.2, 0.25) is 0 Å². The fourth-order valence-corrected chi connectivity index (χ4v) is 4.45. The predicted molar refractivity (Wildman–Crippen MR) is 151 cm³/mol. The molecular weight excluding hydrogens is 521 g/mol. The van der Waals surface area contributed by atoms with Crippen LogP contribution in [0.1, 0.15) is 36.5 Å². The molecule has 33 heavy (non-hydrogen) atoms. The van der Waals surface area contributed by atoms with Gasteiger partial charge in [-0.3, -0.25) is 4.90 Å². The molecule has 0 aliphatic carbocycles. The molecule has 2 aromatic carbocycles. The van der Waals surface area contributed by atoms with Crippen molar-refractivity contribution in [1.82, 2.24) is 15.5 Å². The van der Waals surface area contributed by atoms with Crippen molar-refractivity contribution in [1.29, 1.82) is 0 Å². The molecule has 0 bridgehead atoms. The number of anilines is 1. The predicted octanol–water partition coefficient (Wildman–Crippen LogP) is 4.71. The van der Waals surface area contributed by atoms with Crippen LogP contribution in [0.3, 0.4) is 0 Å². The van der Waals surface area contributed by atoms with Crippen molar-refractivity contribution < 1.29 is 0 Å². The first kappa shape index (κ1) is 25.6. The fourth-order valence-electron chi connectivity index (χ4n) is 4.45. The molecule has 4 rings (SSSR count). The summed E-state index contributed by atoms with van der Waals surface area (Å²) in [7, 11) is 0. The first-order valence-corrected chi connectivity index (χ1v) is 12.0. The van der Waals surface area contributed by atoms with Crippen LogP contribution >= 0.6 is 24.0 Å². The quantitative estimate of drug-likeness (QED) is 0.223. The number of aliphatic imine (C=N–C) groups is 1. The molecule has 0 saturated carbocycles. The molecule has 2 N–H and O–H groups in total. The van der Waals surface area contributed by atoms with Gasteiger partial charge in [0.15, 0.2) is 5.96 Å². The Morgan fingerprint density at radius 3 is 2.36 bits per heavy atom. The van der Waals surface area contributed by atoms with Gasteiger partial charge in [-0.2, -0.15) is 0 Å². The van der Waals surface area contributed by atoms with Gasteiger partial charge in [0.05, 0.1) is 6.54 Å². The summed E-state index contributed by atoms with van der Waals surface area (Å²) in [6.45, 7) is 11.2. The smallest absolute Gasteiger partial charge is 0.191 e. The largest absolute Gasteiger partial charge is 0.364 e. The van der Waals surface area contributed by atoms with Crippen molar-refractivity contribution in [3.8, 4) is 0 Å². The standard InChI is InChI=1S/C27H37N5.HI/c1-3-28-27(29-20-23-10-12-26(13-11-23)32-16-6-7-17-32)30-25-14-18-31(19-15-25)21-24-9-5-4-8-22(24)2;/h4-13,25H,3,14-21H2,1-2H3,(H2,28,29,30);1H. The lowest BCUT2D eigenvalue weighted by atomic mass is 10.0. The van der Waals surface area contributed by atoms with Crippen LogP contribution < -0.4 is 15.5 Å². The van der Waals surface area contributed by atoms with E-state index >= 15 is 0 Å². The maximum Gasteiger partial charge on any atom is 0.191 e. The van der Waals surface area contributed by atoms with Gasteiger partial charge in [-0.25, -0.2) is 4.99 Å². The zero-order valence-corrected chi connectivity index (χ0v) is 22.3. The topological polar surface area (TPSA) is 42.9 Å². The van der Waals surface area contributed by atoms with Crippen LogP contribution in [0.4, 0.5) is 5.69 Å². The van der Waals surface area contributed by atoms with E-state index in [9.17, 15) is 0 Å². The molecular formula is C27H38IN5. The second-order valence-electron chi connectivity index (χ2n) is 8.86. The van der Waals surface area contributed by atoms with Crippen molar-refractivity contribution in [3.63, 3.8) is 0 Å². The summed E-state index contributed by atoms with van der Waals surface area (Å²) in [4.78, 5) is 9.79. The number of rotatable bonds is 7. The van der Waals surface area contributed by atoms with Crippen molar-refractivity contribution in [2.24, 2.45) is 4.99 Å². The Kier molecular flexibility index (Phi) is 10.1. The fraction of sp³-hybridized carbons (Fsp3) is 0.444. The highest BCUT2D eigenvalue weighted by molar-refractivity contribution is 14.0. The number of nitrogens with one attached hydrogen (secondary N) is 2. The summed E-state index contributed by atoms with van der Waals surface area (Å²) in [5.74, 6) is 0.928. The maximum absolute atomic E-state index is 4.86. The number of piperidine rings is 1. The number of aryl methyl sites for hydroxylation is 1. The molecule has 1 saturated heterocycles. The molecule has 0 spiro atoms. The number of nitrogens with zero attached hydrogens (tertiary/aromatic N) is 3. The Bertz CT molecular complexity index is 908. The highest BCUT2D eigenvalue weighted by Gasteiger charge is 2.20. The molecule has 2 aliphatic rings. The van der Waals surface area contributed by atoms with E-state index in [1.807, 2.05) is 0 Å². The van der Waals surface area contributed by atoms with Gasteiger partial charge in [-0.15, -0.1) is 24.0 Å². The number of likely N-dealkylation sites (tertiary alicyclic amines) is 1. The summed E-state index contributed by atoms with van der Waals surface area (Å²) in [6, 6.07) is 18.0. The van der Waals surface area contributed by atoms with E-state index in [1.54, 1.807) is 0 Å². The average molecular weight is 560 g/mol. The molecule has 2 aromatic rings. The third-order valence-corrected chi connectivity index (χ3v) is 6.47. The monoisotopic (exact) mass is 559 g/mol. The lowest BCUT2D eigenvalue weighted by Crippen LogP contribution is -2.48. The molecule has 2 aliphatic heterocycles. The summed E-state index contributed by atoms with van der Waals surface area (Å²) >= 11 is 0. The summed E-state index contributed by atoms with van der Waals surface area (Å²) in [5, 5.41) is 7.10. The molecule has 0 unspecified atom stereocenters. The van der Waals surface area contributed by atoms with Crippen LogP contribution in [0.15, 0.2) is 65.7 Å². The van der Waals surface area contributed by atoms with Crippen LogP contribution in [0.25, 0.3) is 0 Å². The van der Waals surface area contributed by atoms with Gasteiger partial charge >= 0.3 is 0 Å². The first-order valence-electron chi connectivity index (χ1n) is 12.0. The molecule has 0 aromatic heterocycles. The number of benzene rings is 2. The molecule has 0 amide bonds. The lowest BCUT2D eigenvalue weighted by Gasteiger charge is -2.33. The molecule has 1 fully saturated rings. The van der Waals surface area contributed by atoms with Gasteiger partial charge in [-0.05, 0) is 55.5 Å². The number of guanidine groups is 1. The number of hydrogen-bond donors (Lipinski definition) is 2. The second kappa shape index (κ2) is 13.0. The van der Waals surface area contributed by atoms with Gasteiger partial charge in [0, 0.05) is 51.0 Å². The van der Waals surface area contributed by atoms with Crippen molar-refractivity contribution in [3.05, 3.63) is 77.4 Å². The van der Waals surface area contributed by atoms with Gasteiger partial charge in [0.1, 0.15) is 0 Å². The third-order valence-electron chi connectivity index (χ3n) is 6.47. The molecule has 178 valence electrons. The van der Waals surface area contributed by atoms with E-state index in [2.05, 4.69) is 95.0 Å². The van der Waals surface area contributed by atoms with E-state index in [0.717, 1.165) is 58.1 Å². The minimum atomic E-state index is 0. The Morgan fingerprint density at radius 1 is 1.00 bits per heavy atom. The Labute approximate surface area is 216 Å². The van der Waals surface area contributed by atoms with Crippen molar-refractivity contribution in [2.45, 2.75) is 45.8 Å². The SMILES string of the molecule is CCNC(=NCc1ccc(N2CC=CC2)cc1)NC1CCN(Cc2ccccc2C)CC1.I. The number of hydrogen-bond acceptors (Lipinski definition) is 3. The molecule has 5 nitrogen and oxygen atoms in total. The van der Waals surface area contributed by atoms with Crippen LogP contribution in [-0.4, -0.2) is 49.6 Å². The van der Waals surface area contributed by atoms with E-state index in [4.69, 9.17) is 4.99 Å². The van der Waals surface area contributed by atoms with Crippen LogP contribution in [0, 0.1) is 6.92 Å². The average Bonchev–Trinajstić information content (AvgIpc) is 3.36. The Hall–Kier alpha value is -2.06. The second-order valence-corrected chi connectivity index (χ2v) is 8.86. The highest BCUT2D eigenvalue weighted by atomic mass is 127. The van der Waals surface area contributed by atoms with E-state index in [-0.39, 0.29) is 24.0 Å². The van der Waals surface area contributed by atoms with Crippen molar-refractivity contribution >= 4 is 35.6 Å². The van der Waals surface area contributed by atoms with Crippen LogP contribution in [-0.2, 0) is 13.1 Å². The number of halogens is 1. The maximum atomic E-state index is 4.86. The van der Waals surface area contributed by atoms with Gasteiger partial charge in [-0.1, -0.05) is 48.6 Å². The first-order chi connectivity index (χ1) is 15.7. The van der Waals surface area contributed by atoms with E-state index in [0.29, 0.717) is 12.6 Å². The van der Waals surface area contributed by atoms with Gasteiger partial charge in [0.25, 0.3) is 0 Å². The molecule has 0 atom stereocenters. The molecule has 6 heteroatoms. The highest BCUT2D eigenvalue weighted by Crippen LogP contribution is 2.18. The summed E-state index contributed by atoms with van der Waals surface area (Å²) < 4.78 is 0. The van der Waals surface area contributed by atoms with E-state index < -0.39 is 0 Å². The van der Waals surface area contributed by atoms with E-state index in [1.165, 1.54) is 22.4 Å². The van der Waals surface area contributed by atoms with Gasteiger partial charge in [0.2, 0.25) is 0 Å². The Morgan fingerprint density at radius 2 is 1.70 bits per heavy atom. The minimum absolute atomic E-state index is 0. The summed E-state index contributed by atoms with van der Waals surface area (Å²) in [5.41, 5.74) is 5.36. The summed E-state index contributed by atoms with van der Waals surface area (Å²) in [6.07, 6.45) is 6.74.